The van der Waals surface area contributed by atoms with Crippen LogP contribution in [0.2, 0.25) is 0 Å². The summed E-state index contributed by atoms with van der Waals surface area (Å²) in [5.41, 5.74) is 1.92. The summed E-state index contributed by atoms with van der Waals surface area (Å²) in [4.78, 5) is 25.3. The van der Waals surface area contributed by atoms with Crippen molar-refractivity contribution < 1.29 is 14.3 Å². The monoisotopic (exact) mass is 420 g/mol. The minimum Gasteiger partial charge on any atom is -0.462 e. The Labute approximate surface area is 186 Å². The molecule has 7 unspecified atom stereocenters. The third-order valence-electron chi connectivity index (χ3n) is 9.85. The maximum absolute atomic E-state index is 13.4. The number of esters is 1. The van der Waals surface area contributed by atoms with Crippen LogP contribution in [-0.4, -0.2) is 17.9 Å². The van der Waals surface area contributed by atoms with Crippen molar-refractivity contribution in [3.63, 3.8) is 0 Å². The molecule has 3 saturated carbocycles. The van der Waals surface area contributed by atoms with Gasteiger partial charge in [0.2, 0.25) is 0 Å². The number of allylic oxidation sites excluding steroid dienone is 2. The first kappa shape index (κ1) is 21.0. The Morgan fingerprint density at radius 1 is 0.968 bits per heavy atom. The molecule has 0 aromatic heterocycles. The molecule has 31 heavy (non-hydrogen) atoms. The van der Waals surface area contributed by atoms with Crippen molar-refractivity contribution in [1.29, 1.82) is 0 Å². The highest BCUT2D eigenvalue weighted by Crippen LogP contribution is 2.66. The molecule has 0 heterocycles. The smallest absolute Gasteiger partial charge is 0.302 e. The van der Waals surface area contributed by atoms with Crippen LogP contribution < -0.4 is 0 Å². The number of benzene rings is 1. The molecule has 166 valence electrons. The topological polar surface area (TPSA) is 43.4 Å². The predicted octanol–water partition coefficient (Wildman–Crippen LogP) is 6.38. The van der Waals surface area contributed by atoms with E-state index < -0.39 is 0 Å². The number of ether oxygens (including phenoxy) is 1. The van der Waals surface area contributed by atoms with Crippen LogP contribution in [0.15, 0.2) is 42.0 Å². The van der Waals surface area contributed by atoms with E-state index in [9.17, 15) is 9.59 Å². The molecule has 0 spiro atoms. The van der Waals surface area contributed by atoms with E-state index in [0.29, 0.717) is 23.7 Å². The van der Waals surface area contributed by atoms with Crippen molar-refractivity contribution >= 4 is 11.8 Å². The van der Waals surface area contributed by atoms with E-state index in [4.69, 9.17) is 4.74 Å². The number of carbonyl (C=O) groups is 2. The molecular formula is C28H36O3. The molecule has 0 radical (unpaired) electrons. The summed E-state index contributed by atoms with van der Waals surface area (Å²) < 4.78 is 5.96. The molecule has 4 aliphatic carbocycles. The molecule has 4 aliphatic rings. The van der Waals surface area contributed by atoms with Crippen molar-refractivity contribution in [2.45, 2.75) is 78.2 Å². The molecule has 1 aromatic rings. The van der Waals surface area contributed by atoms with Gasteiger partial charge in [0.05, 0.1) is 0 Å². The largest absolute Gasteiger partial charge is 0.462 e. The Balaban J connectivity index is 1.43. The van der Waals surface area contributed by atoms with Gasteiger partial charge in [-0.1, -0.05) is 50.3 Å². The highest BCUT2D eigenvalue weighted by Gasteiger charge is 2.61. The van der Waals surface area contributed by atoms with E-state index in [-0.39, 0.29) is 28.7 Å². The SMILES string of the molecule is CC(=O)OC1CCCC2CCC3C4CC=C(C(=O)c5ccccc5)C4(C)CCC3C21C. The van der Waals surface area contributed by atoms with Crippen molar-refractivity contribution in [1.82, 2.24) is 0 Å². The number of Topliss-reactive ketones (excluding diaryl/α,β-unsaturated/α-hetero) is 1. The van der Waals surface area contributed by atoms with Gasteiger partial charge in [-0.25, -0.2) is 0 Å². The summed E-state index contributed by atoms with van der Waals surface area (Å²) in [5, 5.41) is 0. The highest BCUT2D eigenvalue weighted by molar-refractivity contribution is 6.09. The van der Waals surface area contributed by atoms with Crippen LogP contribution in [0, 0.1) is 34.5 Å². The third kappa shape index (κ3) is 3.14. The van der Waals surface area contributed by atoms with Gasteiger partial charge < -0.3 is 4.74 Å². The zero-order chi connectivity index (χ0) is 21.8. The van der Waals surface area contributed by atoms with Gasteiger partial charge in [-0.2, -0.15) is 0 Å². The Morgan fingerprint density at radius 3 is 2.48 bits per heavy atom. The maximum Gasteiger partial charge on any atom is 0.302 e. The maximum atomic E-state index is 13.4. The molecule has 5 rings (SSSR count). The summed E-state index contributed by atoms with van der Waals surface area (Å²) in [5.74, 6) is 2.50. The number of carbonyl (C=O) groups excluding carboxylic acids is 2. The molecular weight excluding hydrogens is 384 g/mol. The fourth-order valence-electron chi connectivity index (χ4n) is 8.34. The van der Waals surface area contributed by atoms with Crippen LogP contribution in [0.1, 0.15) is 82.5 Å². The number of rotatable bonds is 3. The van der Waals surface area contributed by atoms with Gasteiger partial charge >= 0.3 is 5.97 Å². The van der Waals surface area contributed by atoms with Crippen LogP contribution in [-0.2, 0) is 9.53 Å². The second kappa shape index (κ2) is 7.60. The Kier molecular flexibility index (Phi) is 5.14. The van der Waals surface area contributed by atoms with Gasteiger partial charge in [-0.05, 0) is 80.5 Å². The molecule has 0 N–H and O–H groups in total. The summed E-state index contributed by atoms with van der Waals surface area (Å²) in [6.07, 6.45) is 11.5. The van der Waals surface area contributed by atoms with E-state index in [1.165, 1.54) is 25.7 Å². The Morgan fingerprint density at radius 2 is 1.74 bits per heavy atom. The molecule has 0 bridgehead atoms. The van der Waals surface area contributed by atoms with Crippen LogP contribution in [0.25, 0.3) is 0 Å². The van der Waals surface area contributed by atoms with Gasteiger partial charge in [0, 0.05) is 23.5 Å². The van der Waals surface area contributed by atoms with Crippen LogP contribution in [0.3, 0.4) is 0 Å². The first-order valence-corrected chi connectivity index (χ1v) is 12.3. The minimum absolute atomic E-state index is 0.0249. The molecule has 0 saturated heterocycles. The van der Waals surface area contributed by atoms with E-state index in [1.54, 1.807) is 6.92 Å². The first-order valence-electron chi connectivity index (χ1n) is 12.3. The lowest BCUT2D eigenvalue weighted by molar-refractivity contribution is -0.187. The molecule has 3 fully saturated rings. The van der Waals surface area contributed by atoms with Crippen LogP contribution in [0.4, 0.5) is 0 Å². The number of ketones is 1. The Bertz CT molecular complexity index is 902. The summed E-state index contributed by atoms with van der Waals surface area (Å²) in [6, 6.07) is 9.78. The van der Waals surface area contributed by atoms with Gasteiger partial charge in [0.15, 0.2) is 5.78 Å². The second-order valence-electron chi connectivity index (χ2n) is 11.1. The number of fused-ring (bicyclic) bond motifs is 5. The average Bonchev–Trinajstić information content (AvgIpc) is 3.11. The number of hydrogen-bond acceptors (Lipinski definition) is 3. The van der Waals surface area contributed by atoms with E-state index in [2.05, 4.69) is 19.9 Å². The van der Waals surface area contributed by atoms with E-state index in [1.807, 2.05) is 30.3 Å². The quantitative estimate of drug-likeness (QED) is 0.421. The third-order valence-corrected chi connectivity index (χ3v) is 9.85. The van der Waals surface area contributed by atoms with Gasteiger partial charge in [0.1, 0.15) is 6.10 Å². The van der Waals surface area contributed by atoms with Crippen LogP contribution >= 0.6 is 0 Å². The van der Waals surface area contributed by atoms with Crippen molar-refractivity contribution in [3.8, 4) is 0 Å². The summed E-state index contributed by atoms with van der Waals surface area (Å²) >= 11 is 0. The zero-order valence-electron chi connectivity index (χ0n) is 19.2. The molecule has 0 amide bonds. The van der Waals surface area contributed by atoms with Crippen LogP contribution in [0.5, 0.6) is 0 Å². The first-order chi connectivity index (χ1) is 14.9. The van der Waals surface area contributed by atoms with Crippen molar-refractivity contribution in [2.24, 2.45) is 34.5 Å². The highest BCUT2D eigenvalue weighted by atomic mass is 16.5. The van der Waals surface area contributed by atoms with E-state index in [0.717, 1.165) is 36.8 Å². The Hall–Kier alpha value is -1.90. The molecule has 7 atom stereocenters. The lowest BCUT2D eigenvalue weighted by Gasteiger charge is -2.61. The molecule has 0 aliphatic heterocycles. The fourth-order valence-corrected chi connectivity index (χ4v) is 8.34. The van der Waals surface area contributed by atoms with Gasteiger partial charge in [-0.3, -0.25) is 9.59 Å². The normalized spacial score (nSPS) is 41.4. The minimum atomic E-state index is -0.132. The lowest BCUT2D eigenvalue weighted by Crippen LogP contribution is -2.58. The molecule has 1 aromatic carbocycles. The van der Waals surface area contributed by atoms with Crippen molar-refractivity contribution in [3.05, 3.63) is 47.5 Å². The summed E-state index contributed by atoms with van der Waals surface area (Å²) in [6.45, 7) is 6.35. The van der Waals surface area contributed by atoms with Gasteiger partial charge in [0.25, 0.3) is 0 Å². The fraction of sp³-hybridized carbons (Fsp3) is 0.643. The van der Waals surface area contributed by atoms with Crippen molar-refractivity contribution in [2.75, 3.05) is 0 Å². The molecule has 3 heteroatoms. The average molecular weight is 421 g/mol. The van der Waals surface area contributed by atoms with E-state index >= 15 is 0 Å². The molecule has 3 nitrogen and oxygen atoms in total. The number of hydrogen-bond donors (Lipinski definition) is 0. The zero-order valence-corrected chi connectivity index (χ0v) is 19.2. The summed E-state index contributed by atoms with van der Waals surface area (Å²) in [7, 11) is 0. The standard InChI is InChI=1S/C28H36O3/c1-18(29)31-25-11-7-10-20-12-13-21-22-14-15-24(26(30)19-8-5-4-6-9-19)27(22,2)17-16-23(21)28(20,25)3/h4-6,8-9,15,20-23,25H,7,10-14,16-17H2,1-3H3. The predicted molar refractivity (Wildman–Crippen MR) is 122 cm³/mol. The van der Waals surface area contributed by atoms with Gasteiger partial charge in [-0.15, -0.1) is 0 Å². The lowest BCUT2D eigenvalue weighted by atomic mass is 9.44. The second-order valence-corrected chi connectivity index (χ2v) is 11.1.